The first kappa shape index (κ1) is 10.2. The molecule has 1 heterocycles. The number of fused-ring (bicyclic) bond motifs is 4. The highest BCUT2D eigenvalue weighted by atomic mass is 16.3. The largest absolute Gasteiger partial charge is 0.508 e. The molecule has 1 aliphatic carbocycles. The van der Waals surface area contributed by atoms with Gasteiger partial charge in [-0.15, -0.1) is 0 Å². The summed E-state index contributed by atoms with van der Waals surface area (Å²) in [6.45, 7) is 5.79. The van der Waals surface area contributed by atoms with E-state index in [1.54, 1.807) is 0 Å². The third-order valence-corrected chi connectivity index (χ3v) is 4.81. The highest BCUT2D eigenvalue weighted by Crippen LogP contribution is 2.46. The molecule has 2 aliphatic rings. The number of piperidine rings is 1. The van der Waals surface area contributed by atoms with Crippen molar-refractivity contribution in [2.45, 2.75) is 38.1 Å². The van der Waals surface area contributed by atoms with Gasteiger partial charge in [-0.1, -0.05) is 19.9 Å². The molecule has 0 aromatic heterocycles. The summed E-state index contributed by atoms with van der Waals surface area (Å²) in [4.78, 5) is 0. The average molecular weight is 217 g/mol. The molecule has 1 aromatic carbocycles. The Hall–Kier alpha value is -1.02. The SMILES string of the molecule is C[C@@H]1[C@H]2Cc3ccc(O)cc3[C@@]1(C)CCN2. The van der Waals surface area contributed by atoms with Crippen LogP contribution in [0.15, 0.2) is 18.2 Å². The van der Waals surface area contributed by atoms with Crippen LogP contribution in [0.2, 0.25) is 0 Å². The molecule has 0 unspecified atom stereocenters. The predicted molar refractivity (Wildman–Crippen MR) is 64.7 cm³/mol. The van der Waals surface area contributed by atoms with Gasteiger partial charge in [0.05, 0.1) is 0 Å². The molecule has 2 nitrogen and oxygen atoms in total. The second-order valence-electron chi connectivity index (χ2n) is 5.56. The standard InChI is InChI=1S/C14H19NO/c1-9-13-7-10-3-4-11(16)8-12(10)14(9,2)5-6-15-13/h3-4,8-9,13,15-16H,5-7H2,1-2H3/t9-,13-,14+/m1/s1. The van der Waals surface area contributed by atoms with Crippen molar-refractivity contribution in [2.24, 2.45) is 5.92 Å². The van der Waals surface area contributed by atoms with E-state index in [0.717, 1.165) is 13.0 Å². The van der Waals surface area contributed by atoms with Crippen LogP contribution in [0.25, 0.3) is 0 Å². The molecule has 2 heteroatoms. The Morgan fingerprint density at radius 1 is 1.44 bits per heavy atom. The average Bonchev–Trinajstić information content (AvgIpc) is 2.25. The van der Waals surface area contributed by atoms with Crippen molar-refractivity contribution in [3.63, 3.8) is 0 Å². The molecule has 0 radical (unpaired) electrons. The number of hydrogen-bond donors (Lipinski definition) is 2. The molecule has 3 rings (SSSR count). The Morgan fingerprint density at radius 2 is 2.25 bits per heavy atom. The van der Waals surface area contributed by atoms with Gasteiger partial charge < -0.3 is 10.4 Å². The van der Waals surface area contributed by atoms with Crippen molar-refractivity contribution < 1.29 is 5.11 Å². The number of phenols is 1. The van der Waals surface area contributed by atoms with Crippen molar-refractivity contribution in [1.29, 1.82) is 0 Å². The van der Waals surface area contributed by atoms with Gasteiger partial charge >= 0.3 is 0 Å². The van der Waals surface area contributed by atoms with Crippen LogP contribution in [0.1, 0.15) is 31.4 Å². The van der Waals surface area contributed by atoms with Gasteiger partial charge in [-0.05, 0) is 54.0 Å². The van der Waals surface area contributed by atoms with E-state index in [2.05, 4.69) is 25.2 Å². The van der Waals surface area contributed by atoms with Gasteiger partial charge in [0.2, 0.25) is 0 Å². The lowest BCUT2D eigenvalue weighted by molar-refractivity contribution is 0.158. The molecule has 0 saturated carbocycles. The summed E-state index contributed by atoms with van der Waals surface area (Å²) in [5.41, 5.74) is 3.02. The number of nitrogens with one attached hydrogen (secondary N) is 1. The van der Waals surface area contributed by atoms with E-state index >= 15 is 0 Å². The first-order valence-electron chi connectivity index (χ1n) is 6.17. The summed E-state index contributed by atoms with van der Waals surface area (Å²) in [5, 5.41) is 13.3. The molecule has 86 valence electrons. The lowest BCUT2D eigenvalue weighted by atomic mass is 9.59. The van der Waals surface area contributed by atoms with E-state index in [1.165, 1.54) is 17.5 Å². The number of hydrogen-bond acceptors (Lipinski definition) is 2. The minimum absolute atomic E-state index is 0.238. The number of aromatic hydroxyl groups is 1. The molecule has 2 bridgehead atoms. The quantitative estimate of drug-likeness (QED) is 0.698. The first-order valence-corrected chi connectivity index (χ1v) is 6.17. The Kier molecular flexibility index (Phi) is 2.05. The molecule has 3 atom stereocenters. The fourth-order valence-electron chi connectivity index (χ4n) is 3.51. The topological polar surface area (TPSA) is 32.3 Å². The number of phenolic OH excluding ortho intramolecular Hbond substituents is 1. The molecule has 2 N–H and O–H groups in total. The molecule has 1 fully saturated rings. The predicted octanol–water partition coefficient (Wildman–Crippen LogP) is 2.20. The van der Waals surface area contributed by atoms with Crippen LogP contribution in [0.4, 0.5) is 0 Å². The molecule has 16 heavy (non-hydrogen) atoms. The molecule has 0 spiro atoms. The Morgan fingerprint density at radius 3 is 3.06 bits per heavy atom. The molecular formula is C14H19NO. The third kappa shape index (κ3) is 1.23. The highest BCUT2D eigenvalue weighted by molar-refractivity contribution is 5.44. The van der Waals surface area contributed by atoms with Crippen molar-refractivity contribution >= 4 is 0 Å². The zero-order valence-electron chi connectivity index (χ0n) is 9.96. The smallest absolute Gasteiger partial charge is 0.115 e. The van der Waals surface area contributed by atoms with Gasteiger partial charge in [-0.25, -0.2) is 0 Å². The maximum Gasteiger partial charge on any atom is 0.115 e. The zero-order chi connectivity index (χ0) is 11.3. The van der Waals surface area contributed by atoms with Crippen molar-refractivity contribution in [3.8, 4) is 5.75 Å². The molecular weight excluding hydrogens is 198 g/mol. The van der Waals surface area contributed by atoms with Crippen LogP contribution in [-0.2, 0) is 11.8 Å². The van der Waals surface area contributed by atoms with Gasteiger partial charge in [0.25, 0.3) is 0 Å². The van der Waals surface area contributed by atoms with Gasteiger partial charge in [-0.3, -0.25) is 0 Å². The van der Waals surface area contributed by atoms with Gasteiger partial charge in [-0.2, -0.15) is 0 Å². The van der Waals surface area contributed by atoms with Gasteiger partial charge in [0.1, 0.15) is 5.75 Å². The van der Waals surface area contributed by atoms with Crippen molar-refractivity contribution in [3.05, 3.63) is 29.3 Å². The summed E-state index contributed by atoms with van der Waals surface area (Å²) < 4.78 is 0. The van der Waals surface area contributed by atoms with Crippen LogP contribution < -0.4 is 5.32 Å². The van der Waals surface area contributed by atoms with Crippen molar-refractivity contribution in [2.75, 3.05) is 6.54 Å². The fraction of sp³-hybridized carbons (Fsp3) is 0.571. The molecule has 1 saturated heterocycles. The van der Waals surface area contributed by atoms with Crippen LogP contribution >= 0.6 is 0 Å². The van der Waals surface area contributed by atoms with Gasteiger partial charge in [0.15, 0.2) is 0 Å². The lowest BCUT2D eigenvalue weighted by Crippen LogP contribution is -2.56. The highest BCUT2D eigenvalue weighted by Gasteiger charge is 2.45. The fourth-order valence-corrected chi connectivity index (χ4v) is 3.51. The van der Waals surface area contributed by atoms with Crippen LogP contribution in [-0.4, -0.2) is 17.7 Å². The second-order valence-corrected chi connectivity index (χ2v) is 5.56. The number of rotatable bonds is 0. The first-order chi connectivity index (χ1) is 7.61. The minimum Gasteiger partial charge on any atom is -0.508 e. The van der Waals surface area contributed by atoms with E-state index < -0.39 is 0 Å². The van der Waals surface area contributed by atoms with E-state index in [4.69, 9.17) is 0 Å². The third-order valence-electron chi connectivity index (χ3n) is 4.81. The minimum atomic E-state index is 0.238. The van der Waals surface area contributed by atoms with Gasteiger partial charge in [0, 0.05) is 6.04 Å². The molecule has 1 aliphatic heterocycles. The lowest BCUT2D eigenvalue weighted by Gasteiger charge is -2.50. The van der Waals surface area contributed by atoms with Crippen LogP contribution in [0, 0.1) is 5.92 Å². The van der Waals surface area contributed by atoms with Crippen molar-refractivity contribution in [1.82, 2.24) is 5.32 Å². The summed E-state index contributed by atoms with van der Waals surface area (Å²) in [7, 11) is 0. The summed E-state index contributed by atoms with van der Waals surface area (Å²) in [6, 6.07) is 6.49. The maximum absolute atomic E-state index is 9.67. The van der Waals surface area contributed by atoms with E-state index in [9.17, 15) is 5.11 Å². The second kappa shape index (κ2) is 3.24. The normalized spacial score (nSPS) is 36.9. The summed E-state index contributed by atoms with van der Waals surface area (Å²) in [5.74, 6) is 1.06. The summed E-state index contributed by atoms with van der Waals surface area (Å²) >= 11 is 0. The molecule has 0 amide bonds. The summed E-state index contributed by atoms with van der Waals surface area (Å²) in [6.07, 6.45) is 2.27. The molecule has 1 aromatic rings. The zero-order valence-corrected chi connectivity index (χ0v) is 9.96. The van der Waals surface area contributed by atoms with E-state index in [1.807, 2.05) is 12.1 Å². The monoisotopic (exact) mass is 217 g/mol. The van der Waals surface area contributed by atoms with E-state index in [-0.39, 0.29) is 5.41 Å². The van der Waals surface area contributed by atoms with Crippen LogP contribution in [0.3, 0.4) is 0 Å². The van der Waals surface area contributed by atoms with E-state index in [0.29, 0.717) is 17.7 Å². The van der Waals surface area contributed by atoms with Crippen LogP contribution in [0.5, 0.6) is 5.75 Å². The Bertz CT molecular complexity index is 429. The Balaban J connectivity index is 2.18. The maximum atomic E-state index is 9.67. The Labute approximate surface area is 96.7 Å². The number of benzene rings is 1.